The molecule has 2 atom stereocenters. The van der Waals surface area contributed by atoms with E-state index < -0.39 is 5.79 Å². The highest BCUT2D eigenvalue weighted by Crippen LogP contribution is 2.38. The Bertz CT molecular complexity index is 485. The number of aromatic nitrogens is 2. The van der Waals surface area contributed by atoms with Crippen LogP contribution in [0.3, 0.4) is 0 Å². The summed E-state index contributed by atoms with van der Waals surface area (Å²) in [5, 5.41) is 11.2. The Hall–Kier alpha value is -1.21. The van der Waals surface area contributed by atoms with Crippen molar-refractivity contribution >= 4 is 11.3 Å². The predicted octanol–water partition coefficient (Wildman–Crippen LogP) is 1.21. The monoisotopic (exact) mass is 266 g/mol. The van der Waals surface area contributed by atoms with Gasteiger partial charge in [0, 0.05) is 12.4 Å². The molecule has 0 amide bonds. The molecule has 0 aliphatic carbocycles. The summed E-state index contributed by atoms with van der Waals surface area (Å²) in [4.78, 5) is 5.03. The first kappa shape index (κ1) is 11.9. The van der Waals surface area contributed by atoms with Gasteiger partial charge in [-0.1, -0.05) is 6.07 Å². The van der Waals surface area contributed by atoms with Crippen molar-refractivity contribution in [2.75, 3.05) is 13.2 Å². The van der Waals surface area contributed by atoms with Crippen LogP contribution in [0.1, 0.15) is 4.88 Å². The molecule has 3 rings (SSSR count). The van der Waals surface area contributed by atoms with Crippen LogP contribution in [0.15, 0.2) is 36.2 Å². The largest absolute Gasteiger partial charge is 0.394 e. The first-order chi connectivity index (χ1) is 8.82. The summed E-state index contributed by atoms with van der Waals surface area (Å²) < 4.78 is 13.7. The van der Waals surface area contributed by atoms with Gasteiger partial charge in [0.15, 0.2) is 0 Å². The minimum atomic E-state index is -0.803. The third-order valence-corrected chi connectivity index (χ3v) is 3.90. The van der Waals surface area contributed by atoms with Gasteiger partial charge < -0.3 is 19.1 Å². The molecule has 0 saturated carbocycles. The fraction of sp³-hybridized carbons (Fsp3) is 0.417. The molecule has 0 radical (unpaired) electrons. The Kier molecular flexibility index (Phi) is 3.17. The van der Waals surface area contributed by atoms with E-state index >= 15 is 0 Å². The SMILES string of the molecule is OCC1COC(Cn2ccnc2)(c2cccs2)O1. The maximum atomic E-state index is 9.20. The summed E-state index contributed by atoms with van der Waals surface area (Å²) in [6.07, 6.45) is 5.05. The smallest absolute Gasteiger partial charge is 0.223 e. The molecular formula is C12H14N2O3S. The molecular weight excluding hydrogens is 252 g/mol. The fourth-order valence-electron chi connectivity index (χ4n) is 2.06. The van der Waals surface area contributed by atoms with Crippen LogP contribution < -0.4 is 0 Å². The molecule has 96 valence electrons. The number of aliphatic hydroxyl groups excluding tert-OH is 1. The van der Waals surface area contributed by atoms with E-state index in [-0.39, 0.29) is 12.7 Å². The van der Waals surface area contributed by atoms with E-state index in [1.54, 1.807) is 23.9 Å². The molecule has 1 aliphatic rings. The predicted molar refractivity (Wildman–Crippen MR) is 66.1 cm³/mol. The first-order valence-electron chi connectivity index (χ1n) is 5.75. The lowest BCUT2D eigenvalue weighted by Gasteiger charge is -2.27. The third-order valence-electron chi connectivity index (χ3n) is 2.91. The Morgan fingerprint density at radius 3 is 3.17 bits per heavy atom. The molecule has 6 heteroatoms. The number of aliphatic hydroxyl groups is 1. The van der Waals surface area contributed by atoms with Gasteiger partial charge in [-0.2, -0.15) is 0 Å². The standard InChI is InChI=1S/C12H14N2O3S/c15-6-10-7-16-12(17-10,11-2-1-5-18-11)8-14-4-3-13-9-14/h1-5,9-10,15H,6-8H2. The van der Waals surface area contributed by atoms with Crippen molar-refractivity contribution in [3.8, 4) is 0 Å². The number of ether oxygens (including phenoxy) is 2. The quantitative estimate of drug-likeness (QED) is 0.903. The van der Waals surface area contributed by atoms with E-state index in [0.717, 1.165) is 4.88 Å². The second-order valence-corrected chi connectivity index (χ2v) is 5.15. The summed E-state index contributed by atoms with van der Waals surface area (Å²) in [7, 11) is 0. The van der Waals surface area contributed by atoms with Crippen molar-refractivity contribution < 1.29 is 14.6 Å². The summed E-state index contributed by atoms with van der Waals surface area (Å²) in [6, 6.07) is 3.95. The van der Waals surface area contributed by atoms with Gasteiger partial charge in [-0.15, -0.1) is 11.3 Å². The van der Waals surface area contributed by atoms with Crippen molar-refractivity contribution in [1.82, 2.24) is 9.55 Å². The molecule has 1 N–H and O–H groups in total. The lowest BCUT2D eigenvalue weighted by atomic mass is 10.2. The second-order valence-electron chi connectivity index (χ2n) is 4.20. The van der Waals surface area contributed by atoms with E-state index in [2.05, 4.69) is 4.98 Å². The summed E-state index contributed by atoms with van der Waals surface area (Å²) in [5.41, 5.74) is 0. The van der Waals surface area contributed by atoms with Gasteiger partial charge in [0.1, 0.15) is 6.10 Å². The van der Waals surface area contributed by atoms with Crippen LogP contribution in [-0.2, 0) is 21.8 Å². The zero-order valence-electron chi connectivity index (χ0n) is 9.73. The molecule has 1 saturated heterocycles. The highest BCUT2D eigenvalue weighted by atomic mass is 32.1. The lowest BCUT2D eigenvalue weighted by molar-refractivity contribution is -0.187. The van der Waals surface area contributed by atoms with E-state index in [4.69, 9.17) is 9.47 Å². The van der Waals surface area contributed by atoms with Gasteiger partial charge in [0.05, 0.1) is 31.0 Å². The van der Waals surface area contributed by atoms with Gasteiger partial charge >= 0.3 is 0 Å². The summed E-state index contributed by atoms with van der Waals surface area (Å²) >= 11 is 1.59. The molecule has 5 nitrogen and oxygen atoms in total. The van der Waals surface area contributed by atoms with Crippen LogP contribution in [0.2, 0.25) is 0 Å². The molecule has 2 aromatic heterocycles. The second kappa shape index (κ2) is 4.81. The minimum absolute atomic E-state index is 0.0307. The molecule has 18 heavy (non-hydrogen) atoms. The van der Waals surface area contributed by atoms with Crippen LogP contribution in [-0.4, -0.2) is 34.0 Å². The van der Waals surface area contributed by atoms with Crippen LogP contribution in [0.4, 0.5) is 0 Å². The molecule has 2 aromatic rings. The van der Waals surface area contributed by atoms with Gasteiger partial charge in [-0.05, 0) is 11.4 Å². The number of hydrogen-bond acceptors (Lipinski definition) is 5. The Balaban J connectivity index is 1.89. The molecule has 1 fully saturated rings. The molecule has 2 unspecified atom stereocenters. The highest BCUT2D eigenvalue weighted by molar-refractivity contribution is 7.10. The van der Waals surface area contributed by atoms with E-state index in [9.17, 15) is 5.11 Å². The summed E-state index contributed by atoms with van der Waals surface area (Å²) in [5.74, 6) is -0.803. The van der Waals surface area contributed by atoms with Crippen molar-refractivity contribution in [1.29, 1.82) is 0 Å². The minimum Gasteiger partial charge on any atom is -0.394 e. The number of nitrogens with zero attached hydrogens (tertiary/aromatic N) is 2. The lowest BCUT2D eigenvalue weighted by Crippen LogP contribution is -2.32. The summed E-state index contributed by atoms with van der Waals surface area (Å²) in [6.45, 7) is 0.907. The number of rotatable bonds is 4. The topological polar surface area (TPSA) is 56.5 Å². The zero-order valence-corrected chi connectivity index (χ0v) is 10.5. The zero-order chi connectivity index (χ0) is 12.4. The first-order valence-corrected chi connectivity index (χ1v) is 6.63. The van der Waals surface area contributed by atoms with Crippen molar-refractivity contribution in [2.24, 2.45) is 0 Å². The Morgan fingerprint density at radius 1 is 1.61 bits per heavy atom. The Labute approximate surface area is 109 Å². The maximum Gasteiger partial charge on any atom is 0.223 e. The van der Waals surface area contributed by atoms with Gasteiger partial charge in [-0.25, -0.2) is 4.98 Å². The third kappa shape index (κ3) is 2.08. The van der Waals surface area contributed by atoms with Crippen molar-refractivity contribution in [3.63, 3.8) is 0 Å². The average molecular weight is 266 g/mol. The maximum absolute atomic E-state index is 9.20. The normalized spacial score (nSPS) is 27.7. The van der Waals surface area contributed by atoms with Gasteiger partial charge in [0.2, 0.25) is 5.79 Å². The van der Waals surface area contributed by atoms with E-state index in [1.807, 2.05) is 28.3 Å². The molecule has 0 bridgehead atoms. The number of hydrogen-bond donors (Lipinski definition) is 1. The van der Waals surface area contributed by atoms with Crippen molar-refractivity contribution in [2.45, 2.75) is 18.4 Å². The van der Waals surface area contributed by atoms with Crippen LogP contribution in [0.25, 0.3) is 0 Å². The molecule has 1 aliphatic heterocycles. The highest BCUT2D eigenvalue weighted by Gasteiger charge is 2.44. The van der Waals surface area contributed by atoms with Crippen LogP contribution >= 0.6 is 11.3 Å². The average Bonchev–Trinajstić information content (AvgIpc) is 3.11. The fourth-order valence-corrected chi connectivity index (χ4v) is 2.87. The van der Waals surface area contributed by atoms with Gasteiger partial charge in [0.25, 0.3) is 0 Å². The van der Waals surface area contributed by atoms with Crippen molar-refractivity contribution in [3.05, 3.63) is 41.1 Å². The van der Waals surface area contributed by atoms with Crippen LogP contribution in [0.5, 0.6) is 0 Å². The van der Waals surface area contributed by atoms with E-state index in [0.29, 0.717) is 13.2 Å². The molecule has 0 spiro atoms. The molecule has 0 aromatic carbocycles. The Morgan fingerprint density at radius 2 is 2.56 bits per heavy atom. The molecule has 3 heterocycles. The number of imidazole rings is 1. The van der Waals surface area contributed by atoms with Gasteiger partial charge in [-0.3, -0.25) is 0 Å². The van der Waals surface area contributed by atoms with E-state index in [1.165, 1.54) is 0 Å². The number of thiophene rings is 1. The van der Waals surface area contributed by atoms with Crippen LogP contribution in [0, 0.1) is 0 Å².